The summed E-state index contributed by atoms with van der Waals surface area (Å²) in [6.45, 7) is 10.1. The van der Waals surface area contributed by atoms with Crippen molar-refractivity contribution in [3.8, 4) is 0 Å². The first kappa shape index (κ1) is 16.9. The van der Waals surface area contributed by atoms with Gasteiger partial charge in [-0.05, 0) is 26.7 Å². The molecular weight excluding hydrogens is 272 g/mol. The molecule has 0 saturated heterocycles. The zero-order chi connectivity index (χ0) is 14.6. The summed E-state index contributed by atoms with van der Waals surface area (Å²) in [7, 11) is 0. The highest BCUT2D eigenvalue weighted by Crippen LogP contribution is 2.10. The van der Waals surface area contributed by atoms with Gasteiger partial charge in [0.2, 0.25) is 0 Å². The monoisotopic (exact) mass is 298 g/mol. The Labute approximate surface area is 125 Å². The zero-order valence-corrected chi connectivity index (χ0v) is 13.6. The third-order valence-corrected chi connectivity index (χ3v) is 3.65. The molecule has 0 aliphatic carbocycles. The fraction of sp³-hybridized carbons (Fsp3) is 0.714. The lowest BCUT2D eigenvalue weighted by Crippen LogP contribution is -2.38. The molecule has 2 N–H and O–H groups in total. The summed E-state index contributed by atoms with van der Waals surface area (Å²) in [4.78, 5) is 9.06. The molecule has 0 atom stereocenters. The van der Waals surface area contributed by atoms with Crippen molar-refractivity contribution in [2.75, 3.05) is 26.3 Å². The van der Waals surface area contributed by atoms with Crippen molar-refractivity contribution in [2.45, 2.75) is 40.2 Å². The van der Waals surface area contributed by atoms with Gasteiger partial charge in [0, 0.05) is 31.7 Å². The molecule has 1 rings (SSSR count). The fourth-order valence-corrected chi connectivity index (χ4v) is 2.35. The molecule has 0 aromatic carbocycles. The van der Waals surface area contributed by atoms with Gasteiger partial charge in [0.1, 0.15) is 0 Å². The van der Waals surface area contributed by atoms with Gasteiger partial charge in [-0.1, -0.05) is 6.92 Å². The molecule has 0 aliphatic heterocycles. The lowest BCUT2D eigenvalue weighted by atomic mass is 10.4. The van der Waals surface area contributed by atoms with E-state index in [0.717, 1.165) is 50.8 Å². The van der Waals surface area contributed by atoms with Crippen LogP contribution < -0.4 is 10.6 Å². The predicted molar refractivity (Wildman–Crippen MR) is 85.4 cm³/mol. The maximum absolute atomic E-state index is 5.31. The molecule has 6 heteroatoms. The van der Waals surface area contributed by atoms with Crippen LogP contribution in [0.25, 0.3) is 0 Å². The van der Waals surface area contributed by atoms with E-state index in [1.807, 2.05) is 6.92 Å². The minimum Gasteiger partial charge on any atom is -0.382 e. The average molecular weight is 298 g/mol. The maximum atomic E-state index is 5.31. The highest BCUT2D eigenvalue weighted by atomic mass is 32.1. The molecule has 0 fully saturated rings. The van der Waals surface area contributed by atoms with Crippen LogP contribution in [0, 0.1) is 0 Å². The number of nitrogens with zero attached hydrogens (tertiary/aromatic N) is 2. The van der Waals surface area contributed by atoms with Gasteiger partial charge in [-0.2, -0.15) is 0 Å². The van der Waals surface area contributed by atoms with Crippen molar-refractivity contribution in [2.24, 2.45) is 4.99 Å². The zero-order valence-electron chi connectivity index (χ0n) is 12.7. The topological polar surface area (TPSA) is 58.5 Å². The van der Waals surface area contributed by atoms with Gasteiger partial charge in [0.05, 0.1) is 17.2 Å². The molecule has 0 bridgehead atoms. The fourth-order valence-electron chi connectivity index (χ4n) is 1.61. The first-order chi connectivity index (χ1) is 9.80. The standard InChI is InChI=1S/C14H26N4OS/c1-4-13-18-12(11-20-13)10-17-14(15-5-2)16-8-7-9-19-6-3/h11H,4-10H2,1-3H3,(H2,15,16,17). The van der Waals surface area contributed by atoms with E-state index in [1.165, 1.54) is 5.01 Å². The van der Waals surface area contributed by atoms with E-state index in [-0.39, 0.29) is 0 Å². The summed E-state index contributed by atoms with van der Waals surface area (Å²) < 4.78 is 5.31. The lowest BCUT2D eigenvalue weighted by Gasteiger charge is -2.10. The number of hydrogen-bond acceptors (Lipinski definition) is 4. The normalized spacial score (nSPS) is 11.7. The van der Waals surface area contributed by atoms with Crippen molar-refractivity contribution in [3.05, 3.63) is 16.1 Å². The quantitative estimate of drug-likeness (QED) is 0.417. The Hall–Kier alpha value is -1.14. The van der Waals surface area contributed by atoms with Crippen LogP contribution in [0.2, 0.25) is 0 Å². The van der Waals surface area contributed by atoms with Crippen LogP contribution in [0.15, 0.2) is 10.4 Å². The minimum absolute atomic E-state index is 0.622. The minimum atomic E-state index is 0.622. The second-order valence-corrected chi connectivity index (χ2v) is 5.20. The van der Waals surface area contributed by atoms with Gasteiger partial charge >= 0.3 is 0 Å². The van der Waals surface area contributed by atoms with Crippen LogP contribution in [0.4, 0.5) is 0 Å². The first-order valence-corrected chi connectivity index (χ1v) is 8.21. The summed E-state index contributed by atoms with van der Waals surface area (Å²) >= 11 is 1.70. The number of aryl methyl sites for hydroxylation is 1. The molecular formula is C14H26N4OS. The summed E-state index contributed by atoms with van der Waals surface area (Å²) in [5.41, 5.74) is 1.04. The smallest absolute Gasteiger partial charge is 0.191 e. The number of guanidine groups is 1. The third-order valence-electron chi connectivity index (χ3n) is 2.61. The Morgan fingerprint density at radius 3 is 2.85 bits per heavy atom. The van der Waals surface area contributed by atoms with E-state index in [9.17, 15) is 0 Å². The summed E-state index contributed by atoms with van der Waals surface area (Å²) in [5, 5.41) is 9.80. The van der Waals surface area contributed by atoms with Gasteiger partial charge in [0.15, 0.2) is 5.96 Å². The number of nitrogens with one attached hydrogen (secondary N) is 2. The first-order valence-electron chi connectivity index (χ1n) is 7.33. The van der Waals surface area contributed by atoms with Crippen LogP contribution >= 0.6 is 11.3 Å². The summed E-state index contributed by atoms with van der Waals surface area (Å²) in [5.74, 6) is 0.843. The van der Waals surface area contributed by atoms with Gasteiger partial charge < -0.3 is 15.4 Å². The molecule has 20 heavy (non-hydrogen) atoms. The number of rotatable bonds is 9. The molecule has 0 unspecified atom stereocenters. The Bertz CT molecular complexity index is 392. The lowest BCUT2D eigenvalue weighted by molar-refractivity contribution is 0.145. The van der Waals surface area contributed by atoms with Crippen LogP contribution in [0.3, 0.4) is 0 Å². The van der Waals surface area contributed by atoms with Crippen LogP contribution in [0.1, 0.15) is 37.9 Å². The Morgan fingerprint density at radius 2 is 2.20 bits per heavy atom. The van der Waals surface area contributed by atoms with Crippen LogP contribution in [-0.2, 0) is 17.7 Å². The van der Waals surface area contributed by atoms with Crippen molar-refractivity contribution in [3.63, 3.8) is 0 Å². The molecule has 1 aromatic heterocycles. The van der Waals surface area contributed by atoms with E-state index >= 15 is 0 Å². The van der Waals surface area contributed by atoms with E-state index < -0.39 is 0 Å². The molecule has 114 valence electrons. The highest BCUT2D eigenvalue weighted by Gasteiger charge is 2.01. The van der Waals surface area contributed by atoms with Crippen molar-refractivity contribution in [1.29, 1.82) is 0 Å². The molecule has 0 amide bonds. The number of aliphatic imine (C=N–C) groups is 1. The van der Waals surface area contributed by atoms with E-state index in [4.69, 9.17) is 4.74 Å². The second kappa shape index (κ2) is 10.6. The molecule has 1 aromatic rings. The molecule has 1 heterocycles. The Kier molecular flexibility index (Phi) is 8.98. The molecule has 0 aliphatic rings. The van der Waals surface area contributed by atoms with Crippen molar-refractivity contribution in [1.82, 2.24) is 15.6 Å². The maximum Gasteiger partial charge on any atom is 0.191 e. The van der Waals surface area contributed by atoms with E-state index in [2.05, 4.69) is 39.8 Å². The number of ether oxygens (including phenoxy) is 1. The van der Waals surface area contributed by atoms with E-state index in [1.54, 1.807) is 11.3 Å². The molecule has 0 saturated carbocycles. The van der Waals surface area contributed by atoms with E-state index in [0.29, 0.717) is 6.54 Å². The SMILES string of the molecule is CCNC(=NCc1csc(CC)n1)NCCCOCC. The van der Waals surface area contributed by atoms with Gasteiger partial charge in [0.25, 0.3) is 0 Å². The van der Waals surface area contributed by atoms with Gasteiger partial charge in [-0.3, -0.25) is 0 Å². The average Bonchev–Trinajstić information content (AvgIpc) is 2.92. The summed E-state index contributed by atoms with van der Waals surface area (Å²) in [6.07, 6.45) is 1.97. The van der Waals surface area contributed by atoms with Gasteiger partial charge in [-0.15, -0.1) is 11.3 Å². The third kappa shape index (κ3) is 6.86. The number of thiazole rings is 1. The van der Waals surface area contributed by atoms with Crippen molar-refractivity contribution < 1.29 is 4.74 Å². The van der Waals surface area contributed by atoms with Gasteiger partial charge in [-0.25, -0.2) is 9.98 Å². The predicted octanol–water partition coefficient (Wildman–Crippen LogP) is 2.19. The highest BCUT2D eigenvalue weighted by molar-refractivity contribution is 7.09. The number of aromatic nitrogens is 1. The number of hydrogen-bond donors (Lipinski definition) is 2. The summed E-state index contributed by atoms with van der Waals surface area (Å²) in [6, 6.07) is 0. The molecule has 0 spiro atoms. The molecule has 5 nitrogen and oxygen atoms in total. The Morgan fingerprint density at radius 1 is 1.35 bits per heavy atom. The largest absolute Gasteiger partial charge is 0.382 e. The second-order valence-electron chi connectivity index (χ2n) is 4.26. The Balaban J connectivity index is 2.37. The van der Waals surface area contributed by atoms with Crippen LogP contribution in [-0.4, -0.2) is 37.2 Å². The molecule has 0 radical (unpaired) electrons. The van der Waals surface area contributed by atoms with Crippen molar-refractivity contribution >= 4 is 17.3 Å². The van der Waals surface area contributed by atoms with Crippen LogP contribution in [0.5, 0.6) is 0 Å².